The fourth-order valence-corrected chi connectivity index (χ4v) is 1.46. The second kappa shape index (κ2) is 2.70. The van der Waals surface area contributed by atoms with Crippen molar-refractivity contribution in [1.29, 1.82) is 0 Å². The van der Waals surface area contributed by atoms with Crippen LogP contribution in [0.25, 0.3) is 17.0 Å². The maximum absolute atomic E-state index is 4.25. The summed E-state index contributed by atoms with van der Waals surface area (Å²) in [6.07, 6.45) is 5.41. The summed E-state index contributed by atoms with van der Waals surface area (Å²) in [5, 5.41) is 3.18. The highest BCUT2D eigenvalue weighted by Crippen LogP contribution is 2.15. The maximum atomic E-state index is 4.25. The first-order valence-electron chi connectivity index (χ1n) is 4.37. The molecule has 3 aromatic heterocycles. The summed E-state index contributed by atoms with van der Waals surface area (Å²) in [4.78, 5) is 8.42. The number of fused-ring (bicyclic) bond motifs is 1. The highest BCUT2D eigenvalue weighted by Gasteiger charge is 2.03. The normalized spacial score (nSPS) is 10.9. The lowest BCUT2D eigenvalue weighted by Gasteiger charge is -1.93. The molecule has 0 unspecified atom stereocenters. The lowest BCUT2D eigenvalue weighted by molar-refractivity contribution is 0.974. The lowest BCUT2D eigenvalue weighted by Crippen LogP contribution is -1.84. The van der Waals surface area contributed by atoms with Crippen molar-refractivity contribution in [3.8, 4) is 11.4 Å². The molecule has 0 spiro atoms. The highest BCUT2D eigenvalue weighted by atomic mass is 15.3. The standard InChI is InChI=1S/C10H8N4/c1-2-4-11-8(3-1)9-7-10-12-5-6-14(10)13-9/h1-7,13H. The Hall–Kier alpha value is -2.10. The molecule has 68 valence electrons. The van der Waals surface area contributed by atoms with E-state index in [1.54, 1.807) is 12.4 Å². The van der Waals surface area contributed by atoms with Gasteiger partial charge in [0.25, 0.3) is 0 Å². The topological polar surface area (TPSA) is 46.0 Å². The van der Waals surface area contributed by atoms with Crippen LogP contribution < -0.4 is 0 Å². The van der Waals surface area contributed by atoms with Crippen molar-refractivity contribution in [2.24, 2.45) is 0 Å². The van der Waals surface area contributed by atoms with Crippen molar-refractivity contribution >= 4 is 5.65 Å². The van der Waals surface area contributed by atoms with Gasteiger partial charge in [0.2, 0.25) is 0 Å². The molecular formula is C10H8N4. The van der Waals surface area contributed by atoms with Gasteiger partial charge in [0, 0.05) is 24.7 Å². The molecule has 0 saturated carbocycles. The van der Waals surface area contributed by atoms with Crippen LogP contribution in [-0.2, 0) is 0 Å². The Labute approximate surface area is 80.2 Å². The smallest absolute Gasteiger partial charge is 0.153 e. The number of pyridine rings is 1. The van der Waals surface area contributed by atoms with E-state index in [1.807, 2.05) is 35.0 Å². The third-order valence-electron chi connectivity index (χ3n) is 2.12. The Morgan fingerprint density at radius 1 is 1.14 bits per heavy atom. The quantitative estimate of drug-likeness (QED) is 0.626. The van der Waals surface area contributed by atoms with Crippen LogP contribution in [0.3, 0.4) is 0 Å². The Balaban J connectivity index is 2.19. The number of H-pyrrole nitrogens is 1. The van der Waals surface area contributed by atoms with E-state index in [-0.39, 0.29) is 0 Å². The Kier molecular flexibility index (Phi) is 1.41. The highest BCUT2D eigenvalue weighted by molar-refractivity contribution is 5.60. The average Bonchev–Trinajstić information content (AvgIpc) is 2.78. The number of hydrogen-bond acceptors (Lipinski definition) is 2. The summed E-state index contributed by atoms with van der Waals surface area (Å²) in [6.45, 7) is 0. The summed E-state index contributed by atoms with van der Waals surface area (Å²) in [7, 11) is 0. The van der Waals surface area contributed by atoms with Gasteiger partial charge in [-0.25, -0.2) is 9.50 Å². The number of aromatic amines is 1. The number of rotatable bonds is 1. The number of aromatic nitrogens is 4. The van der Waals surface area contributed by atoms with Crippen molar-refractivity contribution in [1.82, 2.24) is 19.6 Å². The average molecular weight is 184 g/mol. The van der Waals surface area contributed by atoms with E-state index in [4.69, 9.17) is 0 Å². The first-order chi connectivity index (χ1) is 6.93. The van der Waals surface area contributed by atoms with E-state index in [0.717, 1.165) is 17.0 Å². The fourth-order valence-electron chi connectivity index (χ4n) is 1.46. The zero-order valence-electron chi connectivity index (χ0n) is 7.38. The van der Waals surface area contributed by atoms with E-state index in [0.29, 0.717) is 0 Å². The van der Waals surface area contributed by atoms with Gasteiger partial charge in [-0.2, -0.15) is 0 Å². The zero-order chi connectivity index (χ0) is 9.38. The van der Waals surface area contributed by atoms with Crippen LogP contribution in [0.2, 0.25) is 0 Å². The monoisotopic (exact) mass is 184 g/mol. The molecule has 0 bridgehead atoms. The van der Waals surface area contributed by atoms with Gasteiger partial charge in [-0.1, -0.05) is 6.07 Å². The summed E-state index contributed by atoms with van der Waals surface area (Å²) in [5.74, 6) is 0. The predicted octanol–water partition coefficient (Wildman–Crippen LogP) is 1.72. The number of imidazole rings is 1. The first kappa shape index (κ1) is 7.32. The molecule has 3 rings (SSSR count). The molecule has 3 aromatic rings. The summed E-state index contributed by atoms with van der Waals surface area (Å²) < 4.78 is 1.87. The van der Waals surface area contributed by atoms with Gasteiger partial charge in [0.15, 0.2) is 5.65 Å². The van der Waals surface area contributed by atoms with Crippen molar-refractivity contribution in [2.45, 2.75) is 0 Å². The van der Waals surface area contributed by atoms with Gasteiger partial charge in [0.05, 0.1) is 11.4 Å². The van der Waals surface area contributed by atoms with Gasteiger partial charge in [0.1, 0.15) is 0 Å². The molecule has 0 radical (unpaired) electrons. The van der Waals surface area contributed by atoms with E-state index in [9.17, 15) is 0 Å². The van der Waals surface area contributed by atoms with Crippen LogP contribution >= 0.6 is 0 Å². The minimum Gasteiger partial charge on any atom is -0.291 e. The van der Waals surface area contributed by atoms with Crippen molar-refractivity contribution in [3.05, 3.63) is 42.9 Å². The first-order valence-corrected chi connectivity index (χ1v) is 4.37. The minimum absolute atomic E-state index is 0.908. The van der Waals surface area contributed by atoms with Crippen LogP contribution in [0.5, 0.6) is 0 Å². The van der Waals surface area contributed by atoms with Crippen molar-refractivity contribution in [3.63, 3.8) is 0 Å². The van der Waals surface area contributed by atoms with Gasteiger partial charge in [-0.15, -0.1) is 0 Å². The SMILES string of the molecule is c1ccc(-c2cc3nccn3[nH]2)nc1. The largest absolute Gasteiger partial charge is 0.291 e. The molecule has 0 aliphatic heterocycles. The molecule has 0 saturated heterocycles. The molecule has 0 aliphatic carbocycles. The molecular weight excluding hydrogens is 176 g/mol. The molecule has 0 atom stereocenters. The van der Waals surface area contributed by atoms with Gasteiger partial charge in [-0.3, -0.25) is 10.1 Å². The van der Waals surface area contributed by atoms with Crippen LogP contribution in [-0.4, -0.2) is 19.6 Å². The molecule has 0 aliphatic rings. The molecule has 0 fully saturated rings. The Morgan fingerprint density at radius 2 is 2.14 bits per heavy atom. The summed E-state index contributed by atoms with van der Waals surface area (Å²) in [6, 6.07) is 7.80. The molecule has 14 heavy (non-hydrogen) atoms. The molecule has 1 N–H and O–H groups in total. The number of hydrogen-bond donors (Lipinski definition) is 1. The van der Waals surface area contributed by atoms with Gasteiger partial charge in [-0.05, 0) is 12.1 Å². The summed E-state index contributed by atoms with van der Waals surface area (Å²) >= 11 is 0. The molecule has 3 heterocycles. The second-order valence-corrected chi connectivity index (χ2v) is 3.04. The molecule has 4 heteroatoms. The maximum Gasteiger partial charge on any atom is 0.153 e. The van der Waals surface area contributed by atoms with Crippen LogP contribution in [0.1, 0.15) is 0 Å². The van der Waals surface area contributed by atoms with Crippen LogP contribution in [0, 0.1) is 0 Å². The molecule has 0 amide bonds. The zero-order valence-corrected chi connectivity index (χ0v) is 7.38. The van der Waals surface area contributed by atoms with E-state index in [2.05, 4.69) is 15.1 Å². The number of nitrogens with one attached hydrogen (secondary N) is 1. The number of nitrogens with zero attached hydrogens (tertiary/aromatic N) is 3. The van der Waals surface area contributed by atoms with Crippen LogP contribution in [0.4, 0.5) is 0 Å². The summed E-state index contributed by atoms with van der Waals surface area (Å²) in [5.41, 5.74) is 2.82. The fraction of sp³-hybridized carbons (Fsp3) is 0. The molecule has 0 aromatic carbocycles. The van der Waals surface area contributed by atoms with Gasteiger partial charge < -0.3 is 0 Å². The van der Waals surface area contributed by atoms with E-state index in [1.165, 1.54) is 0 Å². The Bertz CT molecular complexity index is 521. The van der Waals surface area contributed by atoms with E-state index >= 15 is 0 Å². The minimum atomic E-state index is 0.908. The van der Waals surface area contributed by atoms with Crippen molar-refractivity contribution < 1.29 is 0 Å². The van der Waals surface area contributed by atoms with Gasteiger partial charge >= 0.3 is 0 Å². The van der Waals surface area contributed by atoms with Crippen LogP contribution in [0.15, 0.2) is 42.9 Å². The molecule has 4 nitrogen and oxygen atoms in total. The third kappa shape index (κ3) is 1.01. The Morgan fingerprint density at radius 3 is 2.93 bits per heavy atom. The third-order valence-corrected chi connectivity index (χ3v) is 2.12. The van der Waals surface area contributed by atoms with Crippen molar-refractivity contribution in [2.75, 3.05) is 0 Å². The predicted molar refractivity (Wildman–Crippen MR) is 52.8 cm³/mol. The lowest BCUT2D eigenvalue weighted by atomic mass is 10.3. The van der Waals surface area contributed by atoms with E-state index < -0.39 is 0 Å². The second-order valence-electron chi connectivity index (χ2n) is 3.04.